The van der Waals surface area contributed by atoms with Crippen molar-refractivity contribution in [1.82, 2.24) is 0 Å². The van der Waals surface area contributed by atoms with Crippen LogP contribution in [-0.2, 0) is 0 Å². The molecule has 0 spiro atoms. The number of aliphatic hydroxyl groups is 1. The van der Waals surface area contributed by atoms with E-state index in [1.54, 1.807) is 12.1 Å². The molecule has 0 aliphatic heterocycles. The number of anilines is 2. The van der Waals surface area contributed by atoms with Crippen LogP contribution in [0.25, 0.3) is 0 Å². The Kier molecular flexibility index (Phi) is 5.38. The second-order valence-corrected chi connectivity index (χ2v) is 3.78. The molecule has 1 rings (SSSR count). The normalized spacial score (nSPS) is 10.2. The first-order valence-corrected chi connectivity index (χ1v) is 6.02. The standard InChI is InChI=1S/C12H19N3O3/c1-3-14(4-2)10-5-6-11(13-7-8-16)12(9-10)15(17)18/h5-6,9,13,16H,3-4,7-8H2,1-2H3. The van der Waals surface area contributed by atoms with Crippen molar-refractivity contribution in [2.24, 2.45) is 0 Å². The number of hydrogen-bond acceptors (Lipinski definition) is 5. The predicted octanol–water partition coefficient (Wildman–Crippen LogP) is 1.85. The van der Waals surface area contributed by atoms with Gasteiger partial charge in [0.2, 0.25) is 0 Å². The van der Waals surface area contributed by atoms with E-state index in [-0.39, 0.29) is 12.3 Å². The Morgan fingerprint density at radius 2 is 2.06 bits per heavy atom. The Labute approximate surface area is 106 Å². The van der Waals surface area contributed by atoms with E-state index in [9.17, 15) is 10.1 Å². The highest BCUT2D eigenvalue weighted by Crippen LogP contribution is 2.29. The van der Waals surface area contributed by atoms with Crippen LogP contribution in [0.3, 0.4) is 0 Å². The van der Waals surface area contributed by atoms with Crippen LogP contribution in [-0.4, -0.2) is 36.3 Å². The zero-order chi connectivity index (χ0) is 13.5. The number of benzene rings is 1. The van der Waals surface area contributed by atoms with Crippen LogP contribution in [0.1, 0.15) is 13.8 Å². The van der Waals surface area contributed by atoms with Gasteiger partial charge in [-0.2, -0.15) is 0 Å². The molecule has 100 valence electrons. The third-order valence-electron chi connectivity index (χ3n) is 2.73. The number of hydrogen-bond donors (Lipinski definition) is 2. The summed E-state index contributed by atoms with van der Waals surface area (Å²) in [5.74, 6) is 0. The molecule has 6 heteroatoms. The van der Waals surface area contributed by atoms with Crippen molar-refractivity contribution in [2.75, 3.05) is 36.5 Å². The number of rotatable bonds is 7. The number of nitrogens with one attached hydrogen (secondary N) is 1. The lowest BCUT2D eigenvalue weighted by Gasteiger charge is -2.21. The molecular weight excluding hydrogens is 234 g/mol. The van der Waals surface area contributed by atoms with Gasteiger partial charge in [0.05, 0.1) is 11.5 Å². The van der Waals surface area contributed by atoms with Crippen molar-refractivity contribution >= 4 is 17.1 Å². The van der Waals surface area contributed by atoms with Crippen LogP contribution in [0.4, 0.5) is 17.1 Å². The first-order valence-electron chi connectivity index (χ1n) is 6.02. The molecule has 0 unspecified atom stereocenters. The topological polar surface area (TPSA) is 78.6 Å². The van der Waals surface area contributed by atoms with Gasteiger partial charge >= 0.3 is 0 Å². The Balaban J connectivity index is 3.06. The molecule has 0 atom stereocenters. The van der Waals surface area contributed by atoms with E-state index in [0.29, 0.717) is 12.2 Å². The molecule has 0 aliphatic rings. The van der Waals surface area contributed by atoms with Crippen LogP contribution in [0.15, 0.2) is 18.2 Å². The van der Waals surface area contributed by atoms with Gasteiger partial charge in [-0.3, -0.25) is 10.1 Å². The molecule has 1 aromatic carbocycles. The first kappa shape index (κ1) is 14.2. The summed E-state index contributed by atoms with van der Waals surface area (Å²) in [5, 5.41) is 22.6. The van der Waals surface area contributed by atoms with Gasteiger partial charge in [0.1, 0.15) is 5.69 Å². The van der Waals surface area contributed by atoms with E-state index in [4.69, 9.17) is 5.11 Å². The highest BCUT2D eigenvalue weighted by Gasteiger charge is 2.15. The first-order chi connectivity index (χ1) is 8.63. The molecule has 0 heterocycles. The van der Waals surface area contributed by atoms with Crippen LogP contribution in [0, 0.1) is 10.1 Å². The van der Waals surface area contributed by atoms with Crippen molar-refractivity contribution in [3.63, 3.8) is 0 Å². The third-order valence-corrected chi connectivity index (χ3v) is 2.73. The lowest BCUT2D eigenvalue weighted by Crippen LogP contribution is -2.22. The Morgan fingerprint density at radius 1 is 1.39 bits per heavy atom. The van der Waals surface area contributed by atoms with Gasteiger partial charge in [0.25, 0.3) is 5.69 Å². The summed E-state index contributed by atoms with van der Waals surface area (Å²) < 4.78 is 0. The SMILES string of the molecule is CCN(CC)c1ccc(NCCO)c([N+](=O)[O-])c1. The van der Waals surface area contributed by atoms with Gasteiger partial charge in [-0.15, -0.1) is 0 Å². The van der Waals surface area contributed by atoms with Crippen molar-refractivity contribution in [3.8, 4) is 0 Å². The second-order valence-electron chi connectivity index (χ2n) is 3.78. The molecule has 1 aromatic rings. The quantitative estimate of drug-likeness (QED) is 0.572. The molecule has 2 N–H and O–H groups in total. The molecule has 0 aromatic heterocycles. The fourth-order valence-electron chi connectivity index (χ4n) is 1.80. The predicted molar refractivity (Wildman–Crippen MR) is 72.2 cm³/mol. The van der Waals surface area contributed by atoms with Crippen LogP contribution < -0.4 is 10.2 Å². The van der Waals surface area contributed by atoms with Gasteiger partial charge in [-0.05, 0) is 26.0 Å². The van der Waals surface area contributed by atoms with Gasteiger partial charge < -0.3 is 15.3 Å². The monoisotopic (exact) mass is 253 g/mol. The van der Waals surface area contributed by atoms with E-state index >= 15 is 0 Å². The number of nitro benzene ring substituents is 1. The van der Waals surface area contributed by atoms with E-state index in [2.05, 4.69) is 5.32 Å². The van der Waals surface area contributed by atoms with Crippen molar-refractivity contribution in [3.05, 3.63) is 28.3 Å². The lowest BCUT2D eigenvalue weighted by atomic mass is 10.2. The minimum Gasteiger partial charge on any atom is -0.395 e. The highest BCUT2D eigenvalue weighted by molar-refractivity contribution is 5.68. The summed E-state index contributed by atoms with van der Waals surface area (Å²) in [6, 6.07) is 5.09. The fraction of sp³-hybridized carbons (Fsp3) is 0.500. The lowest BCUT2D eigenvalue weighted by molar-refractivity contribution is -0.383. The zero-order valence-electron chi connectivity index (χ0n) is 10.7. The van der Waals surface area contributed by atoms with Crippen LogP contribution >= 0.6 is 0 Å². The molecule has 0 radical (unpaired) electrons. The van der Waals surface area contributed by atoms with Gasteiger partial charge in [-0.25, -0.2) is 0 Å². The average molecular weight is 253 g/mol. The molecule has 0 amide bonds. The second kappa shape index (κ2) is 6.80. The largest absolute Gasteiger partial charge is 0.395 e. The molecule has 0 fully saturated rings. The highest BCUT2D eigenvalue weighted by atomic mass is 16.6. The Hall–Kier alpha value is -1.82. The number of nitrogens with zero attached hydrogens (tertiary/aromatic N) is 2. The van der Waals surface area contributed by atoms with Gasteiger partial charge in [0.15, 0.2) is 0 Å². The summed E-state index contributed by atoms with van der Waals surface area (Å²) in [6.45, 7) is 5.86. The van der Waals surface area contributed by atoms with Crippen LogP contribution in [0.5, 0.6) is 0 Å². The van der Waals surface area contributed by atoms with Crippen molar-refractivity contribution in [2.45, 2.75) is 13.8 Å². The van der Waals surface area contributed by atoms with E-state index in [1.807, 2.05) is 24.8 Å². The maximum atomic E-state index is 11.0. The van der Waals surface area contributed by atoms with Crippen LogP contribution in [0.2, 0.25) is 0 Å². The number of nitro groups is 1. The minimum atomic E-state index is -0.410. The third kappa shape index (κ3) is 3.33. The molecule has 0 bridgehead atoms. The van der Waals surface area contributed by atoms with Crippen molar-refractivity contribution in [1.29, 1.82) is 0 Å². The van der Waals surface area contributed by atoms with E-state index < -0.39 is 4.92 Å². The summed E-state index contributed by atoms with van der Waals surface area (Å²) in [4.78, 5) is 12.7. The minimum absolute atomic E-state index is 0.0350. The summed E-state index contributed by atoms with van der Waals surface area (Å²) in [5.41, 5.74) is 1.30. The maximum Gasteiger partial charge on any atom is 0.294 e. The molecular formula is C12H19N3O3. The Morgan fingerprint density at radius 3 is 2.56 bits per heavy atom. The zero-order valence-corrected chi connectivity index (χ0v) is 10.7. The van der Waals surface area contributed by atoms with E-state index in [1.165, 1.54) is 0 Å². The number of aliphatic hydroxyl groups excluding tert-OH is 1. The molecule has 0 saturated carbocycles. The molecule has 0 saturated heterocycles. The average Bonchev–Trinajstić information content (AvgIpc) is 2.38. The fourth-order valence-corrected chi connectivity index (χ4v) is 1.80. The van der Waals surface area contributed by atoms with Gasteiger partial charge in [-0.1, -0.05) is 0 Å². The maximum absolute atomic E-state index is 11.0. The summed E-state index contributed by atoms with van der Waals surface area (Å²) in [6.07, 6.45) is 0. The Bertz CT molecular complexity index is 406. The smallest absolute Gasteiger partial charge is 0.294 e. The molecule has 18 heavy (non-hydrogen) atoms. The molecule has 6 nitrogen and oxygen atoms in total. The summed E-state index contributed by atoms with van der Waals surface area (Å²) in [7, 11) is 0. The van der Waals surface area contributed by atoms with Gasteiger partial charge in [0, 0.05) is 31.4 Å². The molecule has 0 aliphatic carbocycles. The van der Waals surface area contributed by atoms with E-state index in [0.717, 1.165) is 18.8 Å². The summed E-state index contributed by atoms with van der Waals surface area (Å²) >= 11 is 0. The van der Waals surface area contributed by atoms with Crippen molar-refractivity contribution < 1.29 is 10.0 Å².